The molecule has 148 valence electrons. The third-order valence-corrected chi connectivity index (χ3v) is 5.13. The van der Waals surface area contributed by atoms with Gasteiger partial charge in [-0.2, -0.15) is 0 Å². The zero-order chi connectivity index (χ0) is 17.4. The van der Waals surface area contributed by atoms with Gasteiger partial charge < -0.3 is 26.7 Å². The number of halogens is 1. The molecule has 0 radical (unpaired) electrons. The molecule has 0 aliphatic heterocycles. The predicted molar refractivity (Wildman–Crippen MR) is 101 cm³/mol. The van der Waals surface area contributed by atoms with E-state index in [9.17, 15) is 5.11 Å². The van der Waals surface area contributed by atoms with E-state index in [4.69, 9.17) is 4.74 Å². The predicted octanol–water partition coefficient (Wildman–Crippen LogP) is 1.78. The Morgan fingerprint density at radius 2 is 1.25 bits per heavy atom. The average Bonchev–Trinajstić information content (AvgIpc) is 2.55. The number of hydrogen-bond acceptors (Lipinski definition) is 2. The molecule has 3 nitrogen and oxygen atoms in total. The Hall–Kier alpha value is 0.170. The standard InChI is InChI=1S/C20H44NO2.ClH/c1-5-8-9-10-11-12-13-14-15-16-17-23-19-20(22)18-21(4,6-2)7-3;/h20,22H,5-19H2,1-4H3;1H/q+1;/p-1. The summed E-state index contributed by atoms with van der Waals surface area (Å²) in [4.78, 5) is 0. The Morgan fingerprint density at radius 1 is 0.792 bits per heavy atom. The van der Waals surface area contributed by atoms with Crippen LogP contribution < -0.4 is 12.4 Å². The number of aliphatic hydroxyl groups is 1. The summed E-state index contributed by atoms with van der Waals surface area (Å²) in [6, 6.07) is 0. The molecular weight excluding hydrogens is 322 g/mol. The normalized spacial score (nSPS) is 12.9. The molecule has 0 heterocycles. The minimum atomic E-state index is -0.331. The number of rotatable bonds is 17. The first-order valence-electron chi connectivity index (χ1n) is 10.2. The van der Waals surface area contributed by atoms with E-state index in [1.807, 2.05) is 0 Å². The Balaban J connectivity index is 0. The number of likely N-dealkylation sites (N-methyl/N-ethyl adjacent to an activating group) is 1. The van der Waals surface area contributed by atoms with E-state index in [-0.39, 0.29) is 18.5 Å². The van der Waals surface area contributed by atoms with Crippen molar-refractivity contribution < 1.29 is 26.7 Å². The molecule has 0 aromatic heterocycles. The number of nitrogens with zero attached hydrogens (tertiary/aromatic N) is 1. The largest absolute Gasteiger partial charge is 1.00 e. The first-order valence-corrected chi connectivity index (χ1v) is 10.2. The van der Waals surface area contributed by atoms with E-state index in [1.54, 1.807) is 0 Å². The molecule has 0 aromatic rings. The quantitative estimate of drug-likeness (QED) is 0.314. The van der Waals surface area contributed by atoms with Gasteiger partial charge in [0, 0.05) is 6.61 Å². The molecule has 0 amide bonds. The van der Waals surface area contributed by atoms with Crippen molar-refractivity contribution in [1.29, 1.82) is 0 Å². The number of aliphatic hydroxyl groups excluding tert-OH is 1. The van der Waals surface area contributed by atoms with Crippen LogP contribution in [0.3, 0.4) is 0 Å². The van der Waals surface area contributed by atoms with Crippen LogP contribution in [0, 0.1) is 0 Å². The fraction of sp³-hybridized carbons (Fsp3) is 1.00. The van der Waals surface area contributed by atoms with Gasteiger partial charge in [-0.25, -0.2) is 0 Å². The molecule has 0 aliphatic carbocycles. The Bertz CT molecular complexity index is 248. The molecule has 4 heteroatoms. The number of quaternary nitrogens is 1. The Kier molecular flexibility index (Phi) is 19.8. The SMILES string of the molecule is CCCCCCCCCCCCOCC(O)C[N+](C)(CC)CC.[Cl-]. The van der Waals surface area contributed by atoms with Crippen molar-refractivity contribution in [3.05, 3.63) is 0 Å². The van der Waals surface area contributed by atoms with Gasteiger partial charge in [0.2, 0.25) is 0 Å². The van der Waals surface area contributed by atoms with Crippen LogP contribution in [0.4, 0.5) is 0 Å². The van der Waals surface area contributed by atoms with E-state index in [0.717, 1.165) is 37.1 Å². The maximum atomic E-state index is 10.1. The monoisotopic (exact) mass is 365 g/mol. The number of ether oxygens (including phenoxy) is 1. The second-order valence-electron chi connectivity index (χ2n) is 7.35. The second-order valence-corrected chi connectivity index (χ2v) is 7.35. The lowest BCUT2D eigenvalue weighted by atomic mass is 10.1. The Labute approximate surface area is 158 Å². The van der Waals surface area contributed by atoms with Crippen LogP contribution >= 0.6 is 0 Å². The van der Waals surface area contributed by atoms with Crippen LogP contribution in [0.1, 0.15) is 85.0 Å². The van der Waals surface area contributed by atoms with Crippen molar-refractivity contribution in [2.45, 2.75) is 91.1 Å². The highest BCUT2D eigenvalue weighted by Crippen LogP contribution is 2.10. The Morgan fingerprint density at radius 3 is 1.71 bits per heavy atom. The highest BCUT2D eigenvalue weighted by Gasteiger charge is 2.21. The van der Waals surface area contributed by atoms with Gasteiger partial charge in [0.1, 0.15) is 12.6 Å². The van der Waals surface area contributed by atoms with Crippen molar-refractivity contribution in [3.8, 4) is 0 Å². The maximum absolute atomic E-state index is 10.1. The molecule has 0 spiro atoms. The lowest BCUT2D eigenvalue weighted by molar-refractivity contribution is -0.909. The molecule has 1 N–H and O–H groups in total. The lowest BCUT2D eigenvalue weighted by Crippen LogP contribution is -3.00. The fourth-order valence-electron chi connectivity index (χ4n) is 2.95. The summed E-state index contributed by atoms with van der Waals surface area (Å²) in [7, 11) is 2.20. The molecule has 0 fully saturated rings. The smallest absolute Gasteiger partial charge is 0.126 e. The molecule has 24 heavy (non-hydrogen) atoms. The van der Waals surface area contributed by atoms with E-state index in [2.05, 4.69) is 27.8 Å². The number of unbranched alkanes of at least 4 members (excludes halogenated alkanes) is 9. The zero-order valence-corrected chi connectivity index (χ0v) is 17.6. The number of hydrogen-bond donors (Lipinski definition) is 1. The van der Waals surface area contributed by atoms with E-state index in [0.29, 0.717) is 6.61 Å². The minimum Gasteiger partial charge on any atom is -1.00 e. The summed E-state index contributed by atoms with van der Waals surface area (Å²) in [5.41, 5.74) is 0. The van der Waals surface area contributed by atoms with Crippen molar-refractivity contribution in [3.63, 3.8) is 0 Å². The van der Waals surface area contributed by atoms with Crippen molar-refractivity contribution in [2.75, 3.05) is 39.9 Å². The van der Waals surface area contributed by atoms with Crippen molar-refractivity contribution in [1.82, 2.24) is 0 Å². The average molecular weight is 366 g/mol. The highest BCUT2D eigenvalue weighted by atomic mass is 35.5. The first-order chi connectivity index (χ1) is 11.1. The van der Waals surface area contributed by atoms with Crippen LogP contribution in [-0.4, -0.2) is 55.6 Å². The van der Waals surface area contributed by atoms with Crippen LogP contribution in [-0.2, 0) is 4.74 Å². The molecule has 0 bridgehead atoms. The van der Waals surface area contributed by atoms with Gasteiger partial charge in [0.25, 0.3) is 0 Å². The van der Waals surface area contributed by atoms with Gasteiger partial charge in [-0.05, 0) is 20.3 Å². The fourth-order valence-corrected chi connectivity index (χ4v) is 2.95. The van der Waals surface area contributed by atoms with Gasteiger partial charge in [-0.1, -0.05) is 64.7 Å². The summed E-state index contributed by atoms with van der Waals surface area (Å²) < 4.78 is 6.56. The maximum Gasteiger partial charge on any atom is 0.126 e. The van der Waals surface area contributed by atoms with Crippen LogP contribution in [0.2, 0.25) is 0 Å². The second kappa shape index (κ2) is 18.0. The third-order valence-electron chi connectivity index (χ3n) is 5.13. The van der Waals surface area contributed by atoms with Crippen LogP contribution in [0.25, 0.3) is 0 Å². The molecule has 0 rings (SSSR count). The van der Waals surface area contributed by atoms with Crippen molar-refractivity contribution in [2.24, 2.45) is 0 Å². The molecule has 1 atom stereocenters. The van der Waals surface area contributed by atoms with Gasteiger partial charge in [-0.3, -0.25) is 0 Å². The van der Waals surface area contributed by atoms with Crippen LogP contribution in [0.15, 0.2) is 0 Å². The first kappa shape index (κ1) is 26.4. The summed E-state index contributed by atoms with van der Waals surface area (Å²) in [6.07, 6.45) is 13.2. The zero-order valence-electron chi connectivity index (χ0n) is 16.9. The van der Waals surface area contributed by atoms with Gasteiger partial charge in [-0.15, -0.1) is 0 Å². The molecule has 1 unspecified atom stereocenters. The van der Waals surface area contributed by atoms with E-state index in [1.165, 1.54) is 57.8 Å². The summed E-state index contributed by atoms with van der Waals surface area (Å²) in [6.45, 7) is 10.8. The highest BCUT2D eigenvalue weighted by molar-refractivity contribution is 4.53. The lowest BCUT2D eigenvalue weighted by Gasteiger charge is -2.33. The minimum absolute atomic E-state index is 0. The summed E-state index contributed by atoms with van der Waals surface area (Å²) >= 11 is 0. The molecule has 0 aliphatic rings. The molecule has 0 saturated heterocycles. The molecule has 0 aromatic carbocycles. The van der Waals surface area contributed by atoms with E-state index < -0.39 is 0 Å². The topological polar surface area (TPSA) is 29.5 Å². The summed E-state index contributed by atoms with van der Waals surface area (Å²) in [5, 5.41) is 10.1. The third kappa shape index (κ3) is 15.7. The van der Waals surface area contributed by atoms with Crippen LogP contribution in [0.5, 0.6) is 0 Å². The molecule has 0 saturated carbocycles. The molecular formula is C20H44ClNO2. The van der Waals surface area contributed by atoms with E-state index >= 15 is 0 Å². The van der Waals surface area contributed by atoms with Gasteiger partial charge >= 0.3 is 0 Å². The summed E-state index contributed by atoms with van der Waals surface area (Å²) in [5.74, 6) is 0. The van der Waals surface area contributed by atoms with Gasteiger partial charge in [0.05, 0.1) is 26.7 Å². The van der Waals surface area contributed by atoms with Crippen molar-refractivity contribution >= 4 is 0 Å². The van der Waals surface area contributed by atoms with Gasteiger partial charge in [0.15, 0.2) is 0 Å².